The van der Waals surface area contributed by atoms with Gasteiger partial charge < -0.3 is 9.64 Å². The van der Waals surface area contributed by atoms with Gasteiger partial charge in [0, 0.05) is 13.1 Å². The zero-order chi connectivity index (χ0) is 13.8. The van der Waals surface area contributed by atoms with Crippen LogP contribution >= 0.6 is 0 Å². The molecule has 18 heavy (non-hydrogen) atoms. The molecule has 1 aliphatic rings. The van der Waals surface area contributed by atoms with E-state index in [1.807, 2.05) is 25.7 Å². The second-order valence-corrected chi connectivity index (χ2v) is 6.10. The molecule has 0 saturated carbocycles. The predicted octanol–water partition coefficient (Wildman–Crippen LogP) is 3.99. The highest BCUT2D eigenvalue weighted by Gasteiger charge is 2.27. The Bertz CT molecular complexity index is 307. The number of amides is 1. The van der Waals surface area contributed by atoms with Crippen molar-refractivity contribution in [3.8, 4) is 0 Å². The monoisotopic (exact) mass is 253 g/mol. The molecule has 1 fully saturated rings. The average Bonchev–Trinajstić information content (AvgIpc) is 2.27. The van der Waals surface area contributed by atoms with Crippen LogP contribution in [0.25, 0.3) is 0 Å². The molecule has 0 N–H and O–H groups in total. The Kier molecular flexibility index (Phi) is 5.24. The minimum Gasteiger partial charge on any atom is -0.444 e. The zero-order valence-corrected chi connectivity index (χ0v) is 12.5. The van der Waals surface area contributed by atoms with Crippen LogP contribution in [0, 0.1) is 5.92 Å². The normalized spacial score (nSPS) is 18.9. The van der Waals surface area contributed by atoms with Gasteiger partial charge in [0.25, 0.3) is 0 Å². The number of hydrogen-bond donors (Lipinski definition) is 0. The summed E-state index contributed by atoms with van der Waals surface area (Å²) in [7, 11) is 0. The lowest BCUT2D eigenvalue weighted by atomic mass is 9.89. The standard InChI is InChI=1S/C15H27NO2/c1-6-7-12(2)13-8-10-16(11-9-13)14(17)18-15(3,4)5/h7,13H,6,8-11H2,1-5H3/b12-7-. The minimum absolute atomic E-state index is 0.168. The molecule has 0 atom stereocenters. The first-order valence-corrected chi connectivity index (χ1v) is 6.98. The third-order valence-corrected chi connectivity index (χ3v) is 3.32. The van der Waals surface area contributed by atoms with Crippen LogP contribution in [0.2, 0.25) is 0 Å². The maximum absolute atomic E-state index is 11.9. The van der Waals surface area contributed by atoms with Crippen LogP contribution in [0.5, 0.6) is 0 Å². The smallest absolute Gasteiger partial charge is 0.410 e. The fourth-order valence-corrected chi connectivity index (χ4v) is 2.33. The summed E-state index contributed by atoms with van der Waals surface area (Å²) in [6.45, 7) is 11.7. The van der Waals surface area contributed by atoms with Gasteiger partial charge in [0.2, 0.25) is 0 Å². The van der Waals surface area contributed by atoms with E-state index < -0.39 is 5.60 Å². The molecular weight excluding hydrogens is 226 g/mol. The lowest BCUT2D eigenvalue weighted by Gasteiger charge is -2.33. The van der Waals surface area contributed by atoms with E-state index in [0.29, 0.717) is 5.92 Å². The summed E-state index contributed by atoms with van der Waals surface area (Å²) in [6.07, 6.45) is 5.34. The van der Waals surface area contributed by atoms with Crippen molar-refractivity contribution >= 4 is 6.09 Å². The molecule has 0 aromatic heterocycles. The van der Waals surface area contributed by atoms with E-state index in [1.54, 1.807) is 0 Å². The van der Waals surface area contributed by atoms with Crippen molar-refractivity contribution in [2.24, 2.45) is 5.92 Å². The van der Waals surface area contributed by atoms with Gasteiger partial charge in [0.05, 0.1) is 0 Å². The Morgan fingerprint density at radius 3 is 2.33 bits per heavy atom. The quantitative estimate of drug-likeness (QED) is 0.696. The maximum Gasteiger partial charge on any atom is 0.410 e. The molecule has 3 nitrogen and oxygen atoms in total. The highest BCUT2D eigenvalue weighted by Crippen LogP contribution is 2.25. The summed E-state index contributed by atoms with van der Waals surface area (Å²) in [4.78, 5) is 13.7. The molecule has 0 aromatic rings. The van der Waals surface area contributed by atoms with Gasteiger partial charge in [-0.15, -0.1) is 0 Å². The lowest BCUT2D eigenvalue weighted by molar-refractivity contribution is 0.0194. The number of ether oxygens (including phenoxy) is 1. The third-order valence-electron chi connectivity index (χ3n) is 3.32. The third kappa shape index (κ3) is 4.71. The summed E-state index contributed by atoms with van der Waals surface area (Å²) in [5, 5.41) is 0. The fourth-order valence-electron chi connectivity index (χ4n) is 2.33. The SMILES string of the molecule is CC/C=C(/C)C1CCN(C(=O)OC(C)(C)C)CC1. The van der Waals surface area contributed by atoms with E-state index in [9.17, 15) is 4.79 Å². The van der Waals surface area contributed by atoms with Gasteiger partial charge in [-0.05, 0) is 52.9 Å². The molecule has 1 amide bonds. The lowest BCUT2D eigenvalue weighted by Crippen LogP contribution is -2.41. The molecule has 0 unspecified atom stereocenters. The number of carbonyl (C=O) groups is 1. The number of likely N-dealkylation sites (tertiary alicyclic amines) is 1. The largest absolute Gasteiger partial charge is 0.444 e. The van der Waals surface area contributed by atoms with Gasteiger partial charge in [-0.2, -0.15) is 0 Å². The summed E-state index contributed by atoms with van der Waals surface area (Å²) in [6, 6.07) is 0. The van der Waals surface area contributed by atoms with E-state index in [4.69, 9.17) is 4.74 Å². The van der Waals surface area contributed by atoms with Crippen LogP contribution in [0.4, 0.5) is 4.79 Å². The van der Waals surface area contributed by atoms with E-state index in [1.165, 1.54) is 5.57 Å². The molecule has 1 aliphatic heterocycles. The van der Waals surface area contributed by atoms with Crippen LogP contribution < -0.4 is 0 Å². The molecule has 3 heteroatoms. The fraction of sp³-hybridized carbons (Fsp3) is 0.800. The molecule has 0 aliphatic carbocycles. The van der Waals surface area contributed by atoms with E-state index in [-0.39, 0.29) is 6.09 Å². The van der Waals surface area contributed by atoms with Crippen LogP contribution in [-0.2, 0) is 4.74 Å². The zero-order valence-electron chi connectivity index (χ0n) is 12.5. The number of allylic oxidation sites excluding steroid dienone is 2. The summed E-state index contributed by atoms with van der Waals surface area (Å²) in [5.41, 5.74) is 1.08. The number of carbonyl (C=O) groups excluding carboxylic acids is 1. The molecule has 0 spiro atoms. The summed E-state index contributed by atoms with van der Waals surface area (Å²) >= 11 is 0. The molecule has 0 radical (unpaired) electrons. The minimum atomic E-state index is -0.397. The molecule has 1 rings (SSSR count). The summed E-state index contributed by atoms with van der Waals surface area (Å²) < 4.78 is 5.39. The first-order chi connectivity index (χ1) is 8.33. The van der Waals surface area contributed by atoms with Crippen molar-refractivity contribution in [1.29, 1.82) is 0 Å². The van der Waals surface area contributed by atoms with Crippen molar-refractivity contribution in [1.82, 2.24) is 4.90 Å². The average molecular weight is 253 g/mol. The van der Waals surface area contributed by atoms with E-state index in [2.05, 4.69) is 19.9 Å². The number of rotatable bonds is 2. The topological polar surface area (TPSA) is 29.5 Å². The molecule has 0 bridgehead atoms. The van der Waals surface area contributed by atoms with Crippen molar-refractivity contribution in [3.63, 3.8) is 0 Å². The number of piperidine rings is 1. The molecule has 1 saturated heterocycles. The maximum atomic E-state index is 11.9. The molecular formula is C15H27NO2. The van der Waals surface area contributed by atoms with Gasteiger partial charge in [0.15, 0.2) is 0 Å². The molecule has 0 aromatic carbocycles. The second-order valence-electron chi connectivity index (χ2n) is 6.10. The Hall–Kier alpha value is -0.990. The first-order valence-electron chi connectivity index (χ1n) is 6.98. The molecule has 1 heterocycles. The van der Waals surface area contributed by atoms with Gasteiger partial charge in [-0.1, -0.05) is 18.6 Å². The highest BCUT2D eigenvalue weighted by atomic mass is 16.6. The Labute approximate surface area is 111 Å². The van der Waals surface area contributed by atoms with Crippen molar-refractivity contribution < 1.29 is 9.53 Å². The number of hydrogen-bond acceptors (Lipinski definition) is 2. The number of nitrogens with zero attached hydrogens (tertiary/aromatic N) is 1. The van der Waals surface area contributed by atoms with Crippen LogP contribution in [0.3, 0.4) is 0 Å². The molecule has 104 valence electrons. The first kappa shape index (κ1) is 15.1. The van der Waals surface area contributed by atoms with Crippen LogP contribution in [0.15, 0.2) is 11.6 Å². The van der Waals surface area contributed by atoms with Gasteiger partial charge in [-0.25, -0.2) is 4.79 Å². The van der Waals surface area contributed by atoms with Gasteiger partial charge >= 0.3 is 6.09 Å². The van der Waals surface area contributed by atoms with Crippen molar-refractivity contribution in [2.45, 2.75) is 59.5 Å². The predicted molar refractivity (Wildman–Crippen MR) is 74.6 cm³/mol. The second kappa shape index (κ2) is 6.26. The van der Waals surface area contributed by atoms with Crippen LogP contribution in [-0.4, -0.2) is 29.7 Å². The Balaban J connectivity index is 2.44. The van der Waals surface area contributed by atoms with E-state index >= 15 is 0 Å². The highest BCUT2D eigenvalue weighted by molar-refractivity contribution is 5.68. The Morgan fingerprint density at radius 1 is 1.33 bits per heavy atom. The van der Waals surface area contributed by atoms with Gasteiger partial charge in [-0.3, -0.25) is 0 Å². The van der Waals surface area contributed by atoms with Crippen molar-refractivity contribution in [2.75, 3.05) is 13.1 Å². The van der Waals surface area contributed by atoms with Crippen molar-refractivity contribution in [3.05, 3.63) is 11.6 Å². The van der Waals surface area contributed by atoms with E-state index in [0.717, 1.165) is 32.4 Å². The van der Waals surface area contributed by atoms with Gasteiger partial charge in [0.1, 0.15) is 5.60 Å². The Morgan fingerprint density at radius 2 is 1.89 bits per heavy atom. The summed E-state index contributed by atoms with van der Waals surface area (Å²) in [5.74, 6) is 0.642. The van der Waals surface area contributed by atoms with Crippen LogP contribution in [0.1, 0.15) is 53.9 Å².